The minimum atomic E-state index is -0.417. The molecule has 1 saturated heterocycles. The standard InChI is InChI=1S/C17H26N6O3/c1-12(16(24)22-25-3)20-11-13-10-14(21-17(18)19-2)4-5-15(13)23-6-8-26-9-7-23/h4-5,10,12,20H,2,6-9,11H2,1,3H3,(H2,18,21)(H,22,24)/t12-/m0/s1. The van der Waals surface area contributed by atoms with Crippen LogP contribution in [0.2, 0.25) is 0 Å². The maximum absolute atomic E-state index is 11.8. The monoisotopic (exact) mass is 362 g/mol. The van der Waals surface area contributed by atoms with E-state index in [0.717, 1.165) is 24.3 Å². The van der Waals surface area contributed by atoms with Crippen LogP contribution in [-0.4, -0.2) is 58.0 Å². The zero-order chi connectivity index (χ0) is 18.9. The van der Waals surface area contributed by atoms with Gasteiger partial charge in [0, 0.05) is 25.3 Å². The van der Waals surface area contributed by atoms with Gasteiger partial charge in [-0.15, -0.1) is 0 Å². The number of nitrogens with one attached hydrogen (secondary N) is 2. The van der Waals surface area contributed by atoms with Crippen molar-refractivity contribution in [2.24, 2.45) is 15.7 Å². The Labute approximate surface area is 153 Å². The molecule has 0 aliphatic carbocycles. The van der Waals surface area contributed by atoms with Gasteiger partial charge >= 0.3 is 0 Å². The third-order valence-electron chi connectivity index (χ3n) is 4.02. The first kappa shape index (κ1) is 19.8. The van der Waals surface area contributed by atoms with Crippen molar-refractivity contribution < 1.29 is 14.4 Å². The zero-order valence-corrected chi connectivity index (χ0v) is 15.2. The minimum absolute atomic E-state index is 0.107. The molecule has 0 unspecified atom stereocenters. The molecule has 9 nitrogen and oxygen atoms in total. The molecule has 0 aromatic heterocycles. The van der Waals surface area contributed by atoms with E-state index in [1.54, 1.807) is 6.92 Å². The number of morpholine rings is 1. The number of ether oxygens (including phenoxy) is 1. The van der Waals surface area contributed by atoms with E-state index in [-0.39, 0.29) is 11.9 Å². The van der Waals surface area contributed by atoms with E-state index >= 15 is 0 Å². The highest BCUT2D eigenvalue weighted by molar-refractivity contribution is 5.85. The van der Waals surface area contributed by atoms with Crippen molar-refractivity contribution in [1.82, 2.24) is 10.8 Å². The van der Waals surface area contributed by atoms with Gasteiger partial charge in [-0.05, 0) is 37.4 Å². The summed E-state index contributed by atoms with van der Waals surface area (Å²) >= 11 is 0. The number of carbonyl (C=O) groups excluding carboxylic acids is 1. The van der Waals surface area contributed by atoms with Crippen LogP contribution in [0.4, 0.5) is 11.4 Å². The number of hydroxylamine groups is 1. The molecule has 1 aliphatic heterocycles. The topological polar surface area (TPSA) is 114 Å². The van der Waals surface area contributed by atoms with Crippen LogP contribution >= 0.6 is 0 Å². The third kappa shape index (κ3) is 5.51. The predicted molar refractivity (Wildman–Crippen MR) is 102 cm³/mol. The second-order valence-corrected chi connectivity index (χ2v) is 5.81. The molecule has 1 aliphatic rings. The molecule has 1 atom stereocenters. The number of nitrogens with two attached hydrogens (primary N) is 1. The van der Waals surface area contributed by atoms with Crippen LogP contribution in [0.1, 0.15) is 12.5 Å². The first-order chi connectivity index (χ1) is 12.5. The van der Waals surface area contributed by atoms with Gasteiger partial charge < -0.3 is 20.7 Å². The Bertz CT molecular complexity index is 658. The fourth-order valence-electron chi connectivity index (χ4n) is 2.61. The molecule has 0 radical (unpaired) electrons. The maximum atomic E-state index is 11.8. The average molecular weight is 362 g/mol. The molecule has 0 spiro atoms. The van der Waals surface area contributed by atoms with Gasteiger partial charge in [-0.2, -0.15) is 0 Å². The van der Waals surface area contributed by atoms with E-state index in [2.05, 4.69) is 37.2 Å². The molecule has 2 rings (SSSR count). The summed E-state index contributed by atoms with van der Waals surface area (Å²) < 4.78 is 5.43. The number of carbonyl (C=O) groups is 1. The fraction of sp³-hybridized carbons (Fsp3) is 0.471. The van der Waals surface area contributed by atoms with Crippen molar-refractivity contribution in [2.75, 3.05) is 38.3 Å². The predicted octanol–water partition coefficient (Wildman–Crippen LogP) is 0.326. The lowest BCUT2D eigenvalue weighted by Gasteiger charge is -2.31. The number of benzene rings is 1. The van der Waals surface area contributed by atoms with E-state index in [4.69, 9.17) is 10.5 Å². The molecule has 4 N–H and O–H groups in total. The number of aliphatic imine (C=N–C) groups is 2. The van der Waals surface area contributed by atoms with E-state index in [1.807, 2.05) is 18.2 Å². The van der Waals surface area contributed by atoms with E-state index < -0.39 is 6.04 Å². The Morgan fingerprint density at radius 3 is 2.85 bits per heavy atom. The van der Waals surface area contributed by atoms with Crippen LogP contribution < -0.4 is 21.4 Å². The lowest BCUT2D eigenvalue weighted by Crippen LogP contribution is -2.42. The molecule has 26 heavy (non-hydrogen) atoms. The van der Waals surface area contributed by atoms with Crippen molar-refractivity contribution in [1.29, 1.82) is 0 Å². The Balaban J connectivity index is 2.21. The molecule has 1 heterocycles. The van der Waals surface area contributed by atoms with Crippen molar-refractivity contribution in [3.63, 3.8) is 0 Å². The second kappa shape index (κ2) is 9.85. The molecular formula is C17H26N6O3. The lowest BCUT2D eigenvalue weighted by molar-refractivity contribution is -0.133. The Hall–Kier alpha value is -2.49. The molecule has 0 saturated carbocycles. The number of nitrogens with zero attached hydrogens (tertiary/aromatic N) is 3. The largest absolute Gasteiger partial charge is 0.378 e. The van der Waals surface area contributed by atoms with Gasteiger partial charge in [0.05, 0.1) is 32.1 Å². The SMILES string of the molecule is C=NC(N)=Nc1ccc(N2CCOCC2)c(CN[C@@H](C)C(=O)NOC)c1. The van der Waals surface area contributed by atoms with E-state index in [9.17, 15) is 4.79 Å². The molecule has 0 bridgehead atoms. The average Bonchev–Trinajstić information content (AvgIpc) is 2.67. The molecule has 9 heteroatoms. The fourth-order valence-corrected chi connectivity index (χ4v) is 2.61. The first-order valence-electron chi connectivity index (χ1n) is 8.38. The summed E-state index contributed by atoms with van der Waals surface area (Å²) in [7, 11) is 1.40. The van der Waals surface area contributed by atoms with Gasteiger partial charge in [0.25, 0.3) is 5.91 Å². The number of hydrogen-bond acceptors (Lipinski definition) is 6. The Morgan fingerprint density at radius 1 is 1.46 bits per heavy atom. The van der Waals surface area contributed by atoms with Gasteiger partial charge in [-0.3, -0.25) is 9.63 Å². The van der Waals surface area contributed by atoms with Crippen LogP contribution in [0.25, 0.3) is 0 Å². The van der Waals surface area contributed by atoms with Gasteiger partial charge in [-0.1, -0.05) is 0 Å². The van der Waals surface area contributed by atoms with Crippen LogP contribution in [0.5, 0.6) is 0 Å². The van der Waals surface area contributed by atoms with Crippen molar-refractivity contribution >= 4 is 30.0 Å². The van der Waals surface area contributed by atoms with Crippen LogP contribution in [-0.2, 0) is 20.9 Å². The van der Waals surface area contributed by atoms with Crippen LogP contribution in [0, 0.1) is 0 Å². The van der Waals surface area contributed by atoms with E-state index in [0.29, 0.717) is 25.4 Å². The number of hydrogen-bond donors (Lipinski definition) is 3. The summed E-state index contributed by atoms with van der Waals surface area (Å²) in [5.74, 6) is -0.134. The number of amides is 1. The molecule has 1 amide bonds. The first-order valence-corrected chi connectivity index (χ1v) is 8.38. The summed E-state index contributed by atoms with van der Waals surface area (Å²) in [5, 5.41) is 3.19. The lowest BCUT2D eigenvalue weighted by atomic mass is 10.1. The summed E-state index contributed by atoms with van der Waals surface area (Å²) in [6.07, 6.45) is 0. The normalized spacial score (nSPS) is 16.2. The van der Waals surface area contributed by atoms with Gasteiger partial charge in [0.1, 0.15) is 0 Å². The molecule has 1 aromatic rings. The van der Waals surface area contributed by atoms with Gasteiger partial charge in [0.15, 0.2) is 0 Å². The van der Waals surface area contributed by atoms with Crippen molar-refractivity contribution in [2.45, 2.75) is 19.5 Å². The van der Waals surface area contributed by atoms with Gasteiger partial charge in [0.2, 0.25) is 5.96 Å². The summed E-state index contributed by atoms with van der Waals surface area (Å²) in [5.41, 5.74) is 10.7. The van der Waals surface area contributed by atoms with Crippen molar-refractivity contribution in [3.8, 4) is 0 Å². The quantitative estimate of drug-likeness (QED) is 0.366. The summed E-state index contributed by atoms with van der Waals surface area (Å²) in [6, 6.07) is 5.39. The third-order valence-corrected chi connectivity index (χ3v) is 4.02. The molecular weight excluding hydrogens is 336 g/mol. The maximum Gasteiger partial charge on any atom is 0.260 e. The molecule has 1 aromatic carbocycles. The number of anilines is 1. The number of rotatable bonds is 7. The molecule has 142 valence electrons. The highest BCUT2D eigenvalue weighted by atomic mass is 16.6. The van der Waals surface area contributed by atoms with E-state index in [1.165, 1.54) is 7.11 Å². The molecule has 1 fully saturated rings. The zero-order valence-electron chi connectivity index (χ0n) is 15.2. The smallest absolute Gasteiger partial charge is 0.260 e. The van der Waals surface area contributed by atoms with Gasteiger partial charge in [-0.25, -0.2) is 15.5 Å². The Morgan fingerprint density at radius 2 is 2.19 bits per heavy atom. The Kier molecular flexibility index (Phi) is 7.52. The van der Waals surface area contributed by atoms with Crippen LogP contribution in [0.3, 0.4) is 0 Å². The highest BCUT2D eigenvalue weighted by Gasteiger charge is 2.17. The number of guanidine groups is 1. The van der Waals surface area contributed by atoms with Crippen LogP contribution in [0.15, 0.2) is 28.2 Å². The minimum Gasteiger partial charge on any atom is -0.378 e. The summed E-state index contributed by atoms with van der Waals surface area (Å²) in [6.45, 7) is 8.62. The second-order valence-electron chi connectivity index (χ2n) is 5.81. The van der Waals surface area contributed by atoms with Crippen molar-refractivity contribution in [3.05, 3.63) is 23.8 Å². The highest BCUT2D eigenvalue weighted by Crippen LogP contribution is 2.27. The summed E-state index contributed by atoms with van der Waals surface area (Å²) in [4.78, 5) is 26.6.